The van der Waals surface area contributed by atoms with Crippen LogP contribution in [0.2, 0.25) is 0 Å². The summed E-state index contributed by atoms with van der Waals surface area (Å²) in [6.45, 7) is 8.00. The summed E-state index contributed by atoms with van der Waals surface area (Å²) in [5.41, 5.74) is 2.38. The summed E-state index contributed by atoms with van der Waals surface area (Å²) in [5.74, 6) is 0. The van der Waals surface area contributed by atoms with E-state index in [1.807, 2.05) is 0 Å². The molecule has 0 spiro atoms. The van der Waals surface area contributed by atoms with Gasteiger partial charge in [0.2, 0.25) is 0 Å². The number of benzene rings is 1. The lowest BCUT2D eigenvalue weighted by Gasteiger charge is -2.28. The maximum atomic E-state index is 11.2. The monoisotopic (exact) mass is 247 g/mol. The molecule has 0 N–H and O–H groups in total. The molecule has 100 valence electrons. The molecule has 1 unspecified atom stereocenters. The van der Waals surface area contributed by atoms with E-state index in [1.54, 1.807) is 0 Å². The van der Waals surface area contributed by atoms with Crippen LogP contribution in [0.15, 0.2) is 24.3 Å². The van der Waals surface area contributed by atoms with Gasteiger partial charge in [-0.15, -0.1) is 0 Å². The van der Waals surface area contributed by atoms with Crippen molar-refractivity contribution in [1.29, 1.82) is 0 Å². The number of hydrogen-bond acceptors (Lipinski definition) is 2. The topological polar surface area (TPSA) is 20.3 Å². The van der Waals surface area contributed by atoms with E-state index in [0.29, 0.717) is 0 Å². The maximum absolute atomic E-state index is 11.2. The molecule has 18 heavy (non-hydrogen) atoms. The lowest BCUT2D eigenvalue weighted by molar-refractivity contribution is -0.116. The first-order valence-electron chi connectivity index (χ1n) is 6.69. The number of aldehydes is 1. The lowest BCUT2D eigenvalue weighted by Crippen LogP contribution is -2.34. The maximum Gasteiger partial charge on any atom is 0.127 e. The zero-order valence-electron chi connectivity index (χ0n) is 12.1. The second kappa shape index (κ2) is 6.69. The molecule has 1 atom stereocenters. The molecule has 1 rings (SSSR count). The number of carbonyl (C=O) groups is 1. The molecule has 0 radical (unpaired) electrons. The Morgan fingerprint density at radius 2 is 2.11 bits per heavy atom. The fourth-order valence-corrected chi connectivity index (χ4v) is 2.54. The van der Waals surface area contributed by atoms with Crippen molar-refractivity contribution >= 4 is 6.29 Å². The molecule has 0 saturated heterocycles. The summed E-state index contributed by atoms with van der Waals surface area (Å²) in [5, 5.41) is 0. The fraction of sp³-hybridized carbons (Fsp3) is 0.562. The van der Waals surface area contributed by atoms with Crippen molar-refractivity contribution < 1.29 is 4.79 Å². The second-order valence-corrected chi connectivity index (χ2v) is 5.68. The average Bonchev–Trinajstić information content (AvgIpc) is 2.29. The van der Waals surface area contributed by atoms with E-state index in [-0.39, 0.29) is 5.41 Å². The highest BCUT2D eigenvalue weighted by molar-refractivity contribution is 5.58. The Morgan fingerprint density at radius 3 is 2.67 bits per heavy atom. The Kier molecular flexibility index (Phi) is 5.54. The second-order valence-electron chi connectivity index (χ2n) is 5.68. The van der Waals surface area contributed by atoms with Crippen LogP contribution in [0.4, 0.5) is 0 Å². The van der Waals surface area contributed by atoms with Crippen molar-refractivity contribution in [2.45, 2.75) is 40.2 Å². The van der Waals surface area contributed by atoms with Crippen molar-refractivity contribution in [3.63, 3.8) is 0 Å². The standard InChI is InChI=1S/C16H25NO/c1-5-9-16(3,13-18)12-17(4)11-15-8-6-7-14(2)10-15/h6-8,10,13H,5,9,11-12H2,1-4H3. The lowest BCUT2D eigenvalue weighted by atomic mass is 9.87. The highest BCUT2D eigenvalue weighted by Gasteiger charge is 2.24. The molecule has 0 heterocycles. The van der Waals surface area contributed by atoms with Gasteiger partial charge in [-0.3, -0.25) is 0 Å². The molecular formula is C16H25NO. The molecule has 0 bridgehead atoms. The quantitative estimate of drug-likeness (QED) is 0.688. The third kappa shape index (κ3) is 4.61. The minimum absolute atomic E-state index is 0.215. The number of rotatable bonds is 7. The first-order chi connectivity index (χ1) is 8.49. The van der Waals surface area contributed by atoms with Crippen LogP contribution >= 0.6 is 0 Å². The van der Waals surface area contributed by atoms with E-state index in [4.69, 9.17) is 0 Å². The minimum atomic E-state index is -0.215. The van der Waals surface area contributed by atoms with Crippen LogP contribution in [0.3, 0.4) is 0 Å². The molecule has 0 fully saturated rings. The first-order valence-corrected chi connectivity index (χ1v) is 6.69. The van der Waals surface area contributed by atoms with Gasteiger partial charge in [0.25, 0.3) is 0 Å². The molecule has 0 saturated carbocycles. The van der Waals surface area contributed by atoms with Gasteiger partial charge < -0.3 is 9.69 Å². The van der Waals surface area contributed by atoms with Crippen LogP contribution in [0.25, 0.3) is 0 Å². The van der Waals surface area contributed by atoms with Crippen molar-refractivity contribution in [2.75, 3.05) is 13.6 Å². The Hall–Kier alpha value is -1.15. The molecule has 0 aliphatic carbocycles. The van der Waals surface area contributed by atoms with Gasteiger partial charge in [-0.25, -0.2) is 0 Å². The van der Waals surface area contributed by atoms with Crippen LogP contribution in [0.5, 0.6) is 0 Å². The Bertz CT molecular complexity index is 388. The molecule has 0 aliphatic rings. The summed E-state index contributed by atoms with van der Waals surface area (Å²) < 4.78 is 0. The molecule has 0 aromatic heterocycles. The van der Waals surface area contributed by atoms with Crippen LogP contribution in [0.1, 0.15) is 37.8 Å². The van der Waals surface area contributed by atoms with Crippen LogP contribution in [0, 0.1) is 12.3 Å². The normalized spacial score (nSPS) is 14.5. The molecule has 0 amide bonds. The van der Waals surface area contributed by atoms with Gasteiger partial charge in [0.15, 0.2) is 0 Å². The molecule has 1 aromatic rings. The van der Waals surface area contributed by atoms with E-state index < -0.39 is 0 Å². The summed E-state index contributed by atoms with van der Waals surface area (Å²) in [4.78, 5) is 13.5. The summed E-state index contributed by atoms with van der Waals surface area (Å²) >= 11 is 0. The zero-order valence-corrected chi connectivity index (χ0v) is 12.1. The molecule has 2 nitrogen and oxygen atoms in total. The van der Waals surface area contributed by atoms with E-state index >= 15 is 0 Å². The van der Waals surface area contributed by atoms with Gasteiger partial charge in [-0.2, -0.15) is 0 Å². The summed E-state index contributed by atoms with van der Waals surface area (Å²) in [7, 11) is 2.08. The third-order valence-electron chi connectivity index (χ3n) is 3.27. The number of aryl methyl sites for hydroxylation is 1. The van der Waals surface area contributed by atoms with Gasteiger partial charge >= 0.3 is 0 Å². The smallest absolute Gasteiger partial charge is 0.127 e. The molecule has 1 aromatic carbocycles. The predicted octanol–water partition coefficient (Wildman–Crippen LogP) is 3.43. The summed E-state index contributed by atoms with van der Waals surface area (Å²) in [6.07, 6.45) is 3.12. The van der Waals surface area contributed by atoms with Crippen molar-refractivity contribution in [3.05, 3.63) is 35.4 Å². The highest BCUT2D eigenvalue weighted by atomic mass is 16.1. The van der Waals surface area contributed by atoms with E-state index in [1.165, 1.54) is 11.1 Å². The SMILES string of the molecule is CCCC(C)(C=O)CN(C)Cc1cccc(C)c1. The van der Waals surface area contributed by atoms with Gasteiger partial charge in [0.05, 0.1) is 0 Å². The van der Waals surface area contributed by atoms with Crippen molar-refractivity contribution in [1.82, 2.24) is 4.90 Å². The van der Waals surface area contributed by atoms with E-state index in [9.17, 15) is 4.79 Å². The Labute approximate surface area is 111 Å². The molecule has 0 aliphatic heterocycles. The van der Waals surface area contributed by atoms with Crippen molar-refractivity contribution in [3.8, 4) is 0 Å². The van der Waals surface area contributed by atoms with Crippen LogP contribution in [-0.2, 0) is 11.3 Å². The Morgan fingerprint density at radius 1 is 1.39 bits per heavy atom. The fourth-order valence-electron chi connectivity index (χ4n) is 2.54. The minimum Gasteiger partial charge on any atom is -0.303 e. The number of nitrogens with zero attached hydrogens (tertiary/aromatic N) is 1. The number of hydrogen-bond donors (Lipinski definition) is 0. The van der Waals surface area contributed by atoms with Crippen molar-refractivity contribution in [2.24, 2.45) is 5.41 Å². The highest BCUT2D eigenvalue weighted by Crippen LogP contribution is 2.22. The number of carbonyl (C=O) groups excluding carboxylic acids is 1. The molecule has 2 heteroatoms. The third-order valence-corrected chi connectivity index (χ3v) is 3.27. The predicted molar refractivity (Wildman–Crippen MR) is 76.6 cm³/mol. The first kappa shape index (κ1) is 14.9. The zero-order chi connectivity index (χ0) is 13.6. The van der Waals surface area contributed by atoms with Crippen LogP contribution in [-0.4, -0.2) is 24.8 Å². The summed E-state index contributed by atoms with van der Waals surface area (Å²) in [6, 6.07) is 8.54. The van der Waals surface area contributed by atoms with Gasteiger partial charge in [0, 0.05) is 18.5 Å². The van der Waals surface area contributed by atoms with Gasteiger partial charge in [-0.1, -0.05) is 50.1 Å². The Balaban J connectivity index is 2.60. The van der Waals surface area contributed by atoms with Gasteiger partial charge in [-0.05, 0) is 26.0 Å². The van der Waals surface area contributed by atoms with E-state index in [0.717, 1.165) is 32.2 Å². The largest absolute Gasteiger partial charge is 0.303 e. The van der Waals surface area contributed by atoms with Gasteiger partial charge in [0.1, 0.15) is 6.29 Å². The molecular weight excluding hydrogens is 222 g/mol. The van der Waals surface area contributed by atoms with E-state index in [2.05, 4.69) is 57.0 Å². The average molecular weight is 247 g/mol. The van der Waals surface area contributed by atoms with Crippen LogP contribution < -0.4 is 0 Å².